The van der Waals surface area contributed by atoms with E-state index in [0.717, 1.165) is 19.3 Å². The Morgan fingerprint density at radius 1 is 1.30 bits per heavy atom. The Morgan fingerprint density at radius 2 is 2.20 bits per heavy atom. The molecule has 2 aliphatic rings. The molecule has 4 heteroatoms. The van der Waals surface area contributed by atoms with Gasteiger partial charge >= 0.3 is 0 Å². The standard InChI is InChI=1S/C16H17BrN2S/c17-13-2-1-12-10-16(19-14-3-4-14,6-5-11(12)9-13)15-18-7-8-20-15/h1-2,7-9,14,19H,3-6,10H2. The van der Waals surface area contributed by atoms with E-state index in [2.05, 4.69) is 49.8 Å². The van der Waals surface area contributed by atoms with E-state index >= 15 is 0 Å². The second-order valence-electron chi connectivity index (χ2n) is 5.93. The number of rotatable bonds is 3. The minimum Gasteiger partial charge on any atom is -0.302 e. The second kappa shape index (κ2) is 4.93. The predicted octanol–water partition coefficient (Wildman–Crippen LogP) is 4.04. The van der Waals surface area contributed by atoms with E-state index < -0.39 is 0 Å². The summed E-state index contributed by atoms with van der Waals surface area (Å²) in [5, 5.41) is 7.26. The number of nitrogens with one attached hydrogen (secondary N) is 1. The molecule has 1 fully saturated rings. The molecule has 0 radical (unpaired) electrons. The summed E-state index contributed by atoms with van der Waals surface area (Å²) >= 11 is 5.38. The van der Waals surface area contributed by atoms with Crippen molar-refractivity contribution in [3.63, 3.8) is 0 Å². The van der Waals surface area contributed by atoms with Crippen molar-refractivity contribution in [1.29, 1.82) is 0 Å². The topological polar surface area (TPSA) is 24.9 Å². The molecule has 0 saturated heterocycles. The summed E-state index contributed by atoms with van der Waals surface area (Å²) in [6.07, 6.45) is 7.93. The van der Waals surface area contributed by atoms with Crippen LogP contribution in [0.15, 0.2) is 34.2 Å². The molecule has 20 heavy (non-hydrogen) atoms. The minimum absolute atomic E-state index is 0.0656. The highest BCUT2D eigenvalue weighted by Crippen LogP contribution is 2.40. The zero-order valence-corrected chi connectivity index (χ0v) is 13.6. The molecular weight excluding hydrogens is 332 g/mol. The zero-order chi connectivity index (χ0) is 13.6. The van der Waals surface area contributed by atoms with Crippen molar-refractivity contribution >= 4 is 27.3 Å². The molecule has 104 valence electrons. The summed E-state index contributed by atoms with van der Waals surface area (Å²) in [7, 11) is 0. The molecule has 0 aliphatic heterocycles. The van der Waals surface area contributed by atoms with Gasteiger partial charge in [0.1, 0.15) is 5.01 Å². The molecule has 0 spiro atoms. The Morgan fingerprint density at radius 3 is 2.95 bits per heavy atom. The first-order valence-electron chi connectivity index (χ1n) is 7.20. The number of nitrogens with zero attached hydrogens (tertiary/aromatic N) is 1. The van der Waals surface area contributed by atoms with Crippen LogP contribution >= 0.6 is 27.3 Å². The largest absolute Gasteiger partial charge is 0.302 e. The van der Waals surface area contributed by atoms with E-state index in [4.69, 9.17) is 0 Å². The van der Waals surface area contributed by atoms with Gasteiger partial charge in [-0.1, -0.05) is 22.0 Å². The van der Waals surface area contributed by atoms with Crippen LogP contribution in [0.4, 0.5) is 0 Å². The molecule has 1 atom stereocenters. The van der Waals surface area contributed by atoms with E-state index in [1.165, 1.54) is 33.4 Å². The van der Waals surface area contributed by atoms with Crippen LogP contribution in [0.2, 0.25) is 0 Å². The SMILES string of the molecule is Brc1ccc2c(c1)CCC(NC1CC1)(c1nccs1)C2. The Hall–Kier alpha value is -0.710. The lowest BCUT2D eigenvalue weighted by Gasteiger charge is -2.38. The average Bonchev–Trinajstić information content (AvgIpc) is 3.07. The number of aromatic nitrogens is 1. The van der Waals surface area contributed by atoms with Gasteiger partial charge in [0.15, 0.2) is 0 Å². The number of fused-ring (bicyclic) bond motifs is 1. The molecule has 0 amide bonds. The Bertz CT molecular complexity index is 621. The smallest absolute Gasteiger partial charge is 0.113 e. The van der Waals surface area contributed by atoms with Crippen LogP contribution in [-0.4, -0.2) is 11.0 Å². The fourth-order valence-electron chi connectivity index (χ4n) is 3.21. The molecule has 2 aromatic rings. The number of halogens is 1. The predicted molar refractivity (Wildman–Crippen MR) is 86.1 cm³/mol. The molecule has 1 aromatic heterocycles. The highest BCUT2D eigenvalue weighted by Gasteiger charge is 2.41. The van der Waals surface area contributed by atoms with Gasteiger partial charge in [0, 0.05) is 22.1 Å². The van der Waals surface area contributed by atoms with Gasteiger partial charge in [0.2, 0.25) is 0 Å². The van der Waals surface area contributed by atoms with E-state index in [1.54, 1.807) is 11.3 Å². The Balaban J connectivity index is 1.72. The normalized spacial score (nSPS) is 25.4. The maximum atomic E-state index is 4.63. The lowest BCUT2D eigenvalue weighted by Crippen LogP contribution is -2.47. The van der Waals surface area contributed by atoms with E-state index in [1.807, 2.05) is 6.20 Å². The summed E-state index contributed by atoms with van der Waals surface area (Å²) in [6, 6.07) is 7.41. The maximum Gasteiger partial charge on any atom is 0.113 e. The Kier molecular flexibility index (Phi) is 3.20. The van der Waals surface area contributed by atoms with Crippen LogP contribution in [0.25, 0.3) is 0 Å². The van der Waals surface area contributed by atoms with Crippen LogP contribution in [0.3, 0.4) is 0 Å². The number of hydrogen-bond acceptors (Lipinski definition) is 3. The molecule has 2 aliphatic carbocycles. The van der Waals surface area contributed by atoms with Crippen molar-refractivity contribution in [2.24, 2.45) is 0 Å². The summed E-state index contributed by atoms with van der Waals surface area (Å²) < 4.78 is 1.19. The van der Waals surface area contributed by atoms with Gasteiger partial charge in [-0.05, 0) is 55.4 Å². The first-order chi connectivity index (χ1) is 9.75. The highest BCUT2D eigenvalue weighted by molar-refractivity contribution is 9.10. The van der Waals surface area contributed by atoms with E-state index in [-0.39, 0.29) is 5.54 Å². The van der Waals surface area contributed by atoms with E-state index in [9.17, 15) is 0 Å². The number of benzene rings is 1. The fourth-order valence-corrected chi connectivity index (χ4v) is 4.45. The summed E-state index contributed by atoms with van der Waals surface area (Å²) in [4.78, 5) is 4.63. The third-order valence-electron chi connectivity index (χ3n) is 4.38. The van der Waals surface area contributed by atoms with Gasteiger partial charge in [-0.15, -0.1) is 11.3 Å². The molecule has 2 nitrogen and oxygen atoms in total. The fraction of sp³-hybridized carbons (Fsp3) is 0.438. The number of thiazole rings is 1. The number of hydrogen-bond donors (Lipinski definition) is 1. The van der Waals surface area contributed by atoms with Gasteiger partial charge in [-0.2, -0.15) is 0 Å². The molecule has 1 unspecified atom stereocenters. The second-order valence-corrected chi connectivity index (χ2v) is 7.74. The molecule has 4 rings (SSSR count). The highest BCUT2D eigenvalue weighted by atomic mass is 79.9. The average molecular weight is 349 g/mol. The lowest BCUT2D eigenvalue weighted by atomic mass is 9.78. The van der Waals surface area contributed by atoms with Crippen molar-refractivity contribution in [2.45, 2.75) is 43.7 Å². The van der Waals surface area contributed by atoms with Crippen molar-refractivity contribution in [2.75, 3.05) is 0 Å². The van der Waals surface area contributed by atoms with Crippen molar-refractivity contribution in [3.8, 4) is 0 Å². The molecule has 1 saturated carbocycles. The summed E-state index contributed by atoms with van der Waals surface area (Å²) in [6.45, 7) is 0. The number of aryl methyl sites for hydroxylation is 1. The molecule has 1 heterocycles. The van der Waals surface area contributed by atoms with E-state index in [0.29, 0.717) is 6.04 Å². The molecule has 1 aromatic carbocycles. The third kappa shape index (κ3) is 2.34. The van der Waals surface area contributed by atoms with Gasteiger partial charge < -0.3 is 5.32 Å². The van der Waals surface area contributed by atoms with Gasteiger partial charge in [0.25, 0.3) is 0 Å². The van der Waals surface area contributed by atoms with Gasteiger partial charge in [-0.3, -0.25) is 0 Å². The van der Waals surface area contributed by atoms with Crippen molar-refractivity contribution in [3.05, 3.63) is 50.4 Å². The van der Waals surface area contributed by atoms with Gasteiger partial charge in [0.05, 0.1) is 5.54 Å². The van der Waals surface area contributed by atoms with Crippen molar-refractivity contribution < 1.29 is 0 Å². The zero-order valence-electron chi connectivity index (χ0n) is 11.2. The summed E-state index contributed by atoms with van der Waals surface area (Å²) in [5.74, 6) is 0. The first-order valence-corrected chi connectivity index (χ1v) is 8.87. The summed E-state index contributed by atoms with van der Waals surface area (Å²) in [5.41, 5.74) is 3.03. The van der Waals surface area contributed by atoms with Crippen LogP contribution in [-0.2, 0) is 18.4 Å². The monoisotopic (exact) mass is 348 g/mol. The minimum atomic E-state index is 0.0656. The quantitative estimate of drug-likeness (QED) is 0.905. The first kappa shape index (κ1) is 13.0. The van der Waals surface area contributed by atoms with Crippen molar-refractivity contribution in [1.82, 2.24) is 10.3 Å². The lowest BCUT2D eigenvalue weighted by molar-refractivity contribution is 0.286. The van der Waals surface area contributed by atoms with Crippen LogP contribution in [0.1, 0.15) is 35.4 Å². The van der Waals surface area contributed by atoms with Gasteiger partial charge in [-0.25, -0.2) is 4.98 Å². The van der Waals surface area contributed by atoms with Crippen LogP contribution < -0.4 is 5.32 Å². The molecular formula is C16H17BrN2S. The third-order valence-corrected chi connectivity index (χ3v) is 5.85. The molecule has 0 bridgehead atoms. The van der Waals surface area contributed by atoms with Crippen LogP contribution in [0.5, 0.6) is 0 Å². The van der Waals surface area contributed by atoms with Crippen LogP contribution in [0, 0.1) is 0 Å². The maximum absolute atomic E-state index is 4.63. The Labute approximate surface area is 131 Å². The molecule has 1 N–H and O–H groups in total.